The van der Waals surface area contributed by atoms with Crippen molar-refractivity contribution in [2.75, 3.05) is 48.3 Å². The largest absolute Gasteiger partial charge is 0.356 e. The minimum atomic E-state index is -0.350. The molecule has 2 aliphatic rings. The van der Waals surface area contributed by atoms with E-state index in [4.69, 9.17) is 0 Å². The molecular formula is C23H33N7O2S. The number of amides is 3. The van der Waals surface area contributed by atoms with Crippen molar-refractivity contribution in [1.82, 2.24) is 20.2 Å². The Bertz CT molecular complexity index is 944. The van der Waals surface area contributed by atoms with Crippen LogP contribution in [0.25, 0.3) is 0 Å². The number of piperidine rings is 2. The maximum Gasteiger partial charge on any atom is 0.326 e. The number of carbonyl (C=O) groups is 2. The van der Waals surface area contributed by atoms with Gasteiger partial charge in [0.15, 0.2) is 5.13 Å². The lowest BCUT2D eigenvalue weighted by Gasteiger charge is -2.32. The van der Waals surface area contributed by atoms with Crippen LogP contribution < -0.4 is 20.9 Å². The van der Waals surface area contributed by atoms with E-state index in [-0.39, 0.29) is 11.9 Å². The number of urea groups is 1. The quantitative estimate of drug-likeness (QED) is 0.571. The molecule has 0 spiro atoms. The molecule has 2 fully saturated rings. The maximum atomic E-state index is 12.5. The minimum absolute atomic E-state index is 0.00499. The van der Waals surface area contributed by atoms with Gasteiger partial charge in [0.25, 0.3) is 0 Å². The molecule has 0 radical (unpaired) electrons. The van der Waals surface area contributed by atoms with Crippen LogP contribution in [-0.4, -0.2) is 59.5 Å². The van der Waals surface area contributed by atoms with Crippen LogP contribution in [0.2, 0.25) is 0 Å². The highest BCUT2D eigenvalue weighted by molar-refractivity contribution is 7.14. The van der Waals surface area contributed by atoms with Gasteiger partial charge in [0.2, 0.25) is 5.91 Å². The lowest BCUT2D eigenvalue weighted by atomic mass is 9.98. The van der Waals surface area contributed by atoms with Crippen molar-refractivity contribution in [2.45, 2.75) is 45.6 Å². The number of nitrogens with zero attached hydrogens (tertiary/aromatic N) is 4. The van der Waals surface area contributed by atoms with Gasteiger partial charge in [-0.3, -0.25) is 20.3 Å². The molecule has 4 rings (SSSR count). The fourth-order valence-electron chi connectivity index (χ4n) is 4.41. The van der Waals surface area contributed by atoms with E-state index in [0.29, 0.717) is 24.1 Å². The van der Waals surface area contributed by atoms with Gasteiger partial charge in [-0.05, 0) is 56.8 Å². The summed E-state index contributed by atoms with van der Waals surface area (Å²) in [6.45, 7) is 7.05. The Morgan fingerprint density at radius 1 is 1.06 bits per heavy atom. The van der Waals surface area contributed by atoms with E-state index in [2.05, 4.69) is 35.7 Å². The van der Waals surface area contributed by atoms with Crippen LogP contribution in [-0.2, 0) is 11.3 Å². The summed E-state index contributed by atoms with van der Waals surface area (Å²) < 4.78 is 0. The predicted molar refractivity (Wildman–Crippen MR) is 132 cm³/mol. The SMILES string of the molecule is CC(=O)NCC1CCCN(c2nc(NC(=O)Nc3cccc(CN4CCCCC4)n3)cs2)C1. The van der Waals surface area contributed by atoms with Crippen molar-refractivity contribution >= 4 is 40.0 Å². The number of pyridine rings is 1. The van der Waals surface area contributed by atoms with Crippen molar-refractivity contribution in [3.05, 3.63) is 29.3 Å². The highest BCUT2D eigenvalue weighted by Crippen LogP contribution is 2.28. The number of rotatable bonds is 7. The summed E-state index contributed by atoms with van der Waals surface area (Å²) in [6.07, 6.45) is 5.94. The Morgan fingerprint density at radius 3 is 2.70 bits per heavy atom. The molecule has 2 aliphatic heterocycles. The summed E-state index contributed by atoms with van der Waals surface area (Å²) in [5.74, 6) is 1.48. The summed E-state index contributed by atoms with van der Waals surface area (Å²) in [7, 11) is 0. The molecule has 2 aromatic rings. The molecule has 0 aromatic carbocycles. The molecule has 0 saturated carbocycles. The number of hydrogen-bond acceptors (Lipinski definition) is 7. The minimum Gasteiger partial charge on any atom is -0.356 e. The van der Waals surface area contributed by atoms with E-state index < -0.39 is 0 Å². The Labute approximate surface area is 199 Å². The van der Waals surface area contributed by atoms with Crippen molar-refractivity contribution < 1.29 is 9.59 Å². The summed E-state index contributed by atoms with van der Waals surface area (Å²) in [4.78, 5) is 37.5. The number of carbonyl (C=O) groups excluding carboxylic acids is 2. The zero-order valence-electron chi connectivity index (χ0n) is 19.2. The highest BCUT2D eigenvalue weighted by Gasteiger charge is 2.22. The van der Waals surface area contributed by atoms with Gasteiger partial charge in [0.1, 0.15) is 11.6 Å². The third kappa shape index (κ3) is 7.13. The zero-order chi connectivity index (χ0) is 23.0. The Morgan fingerprint density at radius 2 is 1.88 bits per heavy atom. The fraction of sp³-hybridized carbons (Fsp3) is 0.565. The second-order valence-corrected chi connectivity index (χ2v) is 9.67. The summed E-state index contributed by atoms with van der Waals surface area (Å²) in [6, 6.07) is 5.38. The maximum absolute atomic E-state index is 12.5. The third-order valence-electron chi connectivity index (χ3n) is 6.05. The number of nitrogens with one attached hydrogen (secondary N) is 3. The fourth-order valence-corrected chi connectivity index (χ4v) is 5.20. The summed E-state index contributed by atoms with van der Waals surface area (Å²) in [5.41, 5.74) is 0.963. The van der Waals surface area contributed by atoms with Crippen molar-refractivity contribution in [1.29, 1.82) is 0 Å². The van der Waals surface area contributed by atoms with Crippen LogP contribution in [0.15, 0.2) is 23.6 Å². The molecule has 10 heteroatoms. The van der Waals surface area contributed by atoms with Gasteiger partial charge in [-0.15, -0.1) is 11.3 Å². The van der Waals surface area contributed by atoms with Crippen molar-refractivity contribution in [3.63, 3.8) is 0 Å². The Balaban J connectivity index is 1.28. The predicted octanol–water partition coefficient (Wildman–Crippen LogP) is 3.52. The molecule has 9 nitrogen and oxygen atoms in total. The standard InChI is InChI=1S/C23H33N7O2S/c1-17(31)24-13-18-7-6-12-30(14-18)23-28-21(16-33-23)27-22(32)26-20-9-5-8-19(25-20)15-29-10-3-2-4-11-29/h5,8-9,16,18H,2-4,6-7,10-15H2,1H3,(H,24,31)(H2,25,26,27,32). The van der Waals surface area contributed by atoms with Crippen molar-refractivity contribution in [2.24, 2.45) is 5.92 Å². The number of likely N-dealkylation sites (tertiary alicyclic amines) is 1. The third-order valence-corrected chi connectivity index (χ3v) is 6.95. The highest BCUT2D eigenvalue weighted by atomic mass is 32.1. The van der Waals surface area contributed by atoms with Crippen LogP contribution in [0.5, 0.6) is 0 Å². The Kier molecular flexibility index (Phi) is 8.11. The van der Waals surface area contributed by atoms with E-state index in [1.165, 1.54) is 30.6 Å². The molecule has 1 unspecified atom stereocenters. The second kappa shape index (κ2) is 11.4. The normalized spacial score (nSPS) is 19.2. The number of aromatic nitrogens is 2. The molecule has 3 N–H and O–H groups in total. The van der Waals surface area contributed by atoms with E-state index in [1.807, 2.05) is 17.5 Å². The average Bonchev–Trinajstić information content (AvgIpc) is 3.27. The molecule has 33 heavy (non-hydrogen) atoms. The van der Waals surface area contributed by atoms with E-state index in [9.17, 15) is 9.59 Å². The first-order valence-corrected chi connectivity index (χ1v) is 12.6. The molecule has 2 saturated heterocycles. The monoisotopic (exact) mass is 471 g/mol. The van der Waals surface area contributed by atoms with Gasteiger partial charge in [-0.1, -0.05) is 12.5 Å². The van der Waals surface area contributed by atoms with Gasteiger partial charge in [0, 0.05) is 38.5 Å². The van der Waals surface area contributed by atoms with Gasteiger partial charge >= 0.3 is 6.03 Å². The van der Waals surface area contributed by atoms with Crippen LogP contribution in [0, 0.1) is 5.92 Å². The number of hydrogen-bond donors (Lipinski definition) is 3. The van der Waals surface area contributed by atoms with E-state index in [1.54, 1.807) is 13.0 Å². The van der Waals surface area contributed by atoms with E-state index in [0.717, 1.165) is 56.4 Å². The first-order valence-electron chi connectivity index (χ1n) is 11.8. The first kappa shape index (κ1) is 23.4. The molecule has 1 atom stereocenters. The Hall–Kier alpha value is -2.72. The second-order valence-electron chi connectivity index (χ2n) is 8.84. The molecule has 3 amide bonds. The van der Waals surface area contributed by atoms with E-state index >= 15 is 0 Å². The molecule has 0 bridgehead atoms. The lowest BCUT2D eigenvalue weighted by molar-refractivity contribution is -0.119. The van der Waals surface area contributed by atoms with Crippen LogP contribution in [0.4, 0.5) is 21.6 Å². The molecule has 0 aliphatic carbocycles. The molecular weight excluding hydrogens is 438 g/mol. The smallest absolute Gasteiger partial charge is 0.326 e. The summed E-state index contributed by atoms with van der Waals surface area (Å²) >= 11 is 1.52. The van der Waals surface area contributed by atoms with Gasteiger partial charge in [-0.25, -0.2) is 14.8 Å². The molecule has 178 valence electrons. The van der Waals surface area contributed by atoms with Gasteiger partial charge < -0.3 is 10.2 Å². The zero-order valence-corrected chi connectivity index (χ0v) is 20.0. The van der Waals surface area contributed by atoms with Crippen molar-refractivity contribution in [3.8, 4) is 0 Å². The first-order chi connectivity index (χ1) is 16.0. The average molecular weight is 472 g/mol. The topological polar surface area (TPSA) is 102 Å². The number of thiazole rings is 1. The van der Waals surface area contributed by atoms with Gasteiger partial charge in [0.05, 0.1) is 5.69 Å². The van der Waals surface area contributed by atoms with Crippen LogP contribution in [0.3, 0.4) is 0 Å². The van der Waals surface area contributed by atoms with Crippen LogP contribution in [0.1, 0.15) is 44.7 Å². The van der Waals surface area contributed by atoms with Crippen LogP contribution >= 0.6 is 11.3 Å². The van der Waals surface area contributed by atoms with Gasteiger partial charge in [-0.2, -0.15) is 0 Å². The lowest BCUT2D eigenvalue weighted by Crippen LogP contribution is -2.40. The summed E-state index contributed by atoms with van der Waals surface area (Å²) in [5, 5.41) is 11.3. The molecule has 2 aromatic heterocycles. The number of anilines is 3. The molecule has 4 heterocycles.